The Kier molecular flexibility index (Phi) is 8.93. The monoisotopic (exact) mass is 606 g/mol. The predicted molar refractivity (Wildman–Crippen MR) is 162 cm³/mol. The molecule has 2 aliphatic rings. The molecule has 0 spiro atoms. The molecule has 0 unspecified atom stereocenters. The Morgan fingerprint density at radius 1 is 1.12 bits per heavy atom. The molecule has 2 aromatic heterocycles. The van der Waals surface area contributed by atoms with Crippen LogP contribution in [0.3, 0.4) is 0 Å². The zero-order chi connectivity index (χ0) is 29.9. The van der Waals surface area contributed by atoms with Gasteiger partial charge < -0.3 is 18.8 Å². The second kappa shape index (κ2) is 13.0. The second-order valence-corrected chi connectivity index (χ2v) is 11.7. The van der Waals surface area contributed by atoms with E-state index in [-0.39, 0.29) is 30.5 Å². The average Bonchev–Trinajstić information content (AvgIpc) is 3.36. The number of halogens is 2. The van der Waals surface area contributed by atoms with Gasteiger partial charge in [-0.1, -0.05) is 30.7 Å². The van der Waals surface area contributed by atoms with Crippen LogP contribution in [0, 0.1) is 5.82 Å². The van der Waals surface area contributed by atoms with E-state index >= 15 is 0 Å². The van der Waals surface area contributed by atoms with Crippen LogP contribution in [-0.4, -0.2) is 58.3 Å². The van der Waals surface area contributed by atoms with Crippen LogP contribution < -0.4 is 4.74 Å². The molecular formula is C33H36ClFN4O4. The van der Waals surface area contributed by atoms with Crippen molar-refractivity contribution in [2.45, 2.75) is 63.8 Å². The zero-order valence-electron chi connectivity index (χ0n) is 24.5. The van der Waals surface area contributed by atoms with Crippen LogP contribution >= 0.6 is 11.6 Å². The number of hydrogen-bond donors (Lipinski definition) is 0. The van der Waals surface area contributed by atoms with Gasteiger partial charge in [-0.05, 0) is 75.2 Å². The fraction of sp³-hybridized carbons (Fsp3) is 0.424. The van der Waals surface area contributed by atoms with E-state index < -0.39 is 0 Å². The van der Waals surface area contributed by atoms with Crippen molar-refractivity contribution in [1.29, 1.82) is 0 Å². The molecule has 0 bridgehead atoms. The van der Waals surface area contributed by atoms with Crippen molar-refractivity contribution in [2.75, 3.05) is 26.8 Å². The van der Waals surface area contributed by atoms with Crippen molar-refractivity contribution in [3.8, 4) is 5.88 Å². The number of carbonyl (C=O) groups is 1. The molecule has 4 aromatic rings. The third kappa shape index (κ3) is 6.39. The fourth-order valence-corrected chi connectivity index (χ4v) is 6.26. The van der Waals surface area contributed by atoms with Gasteiger partial charge in [-0.15, -0.1) is 0 Å². The maximum atomic E-state index is 14.2. The molecule has 2 saturated heterocycles. The smallest absolute Gasteiger partial charge is 0.337 e. The fourth-order valence-electron chi connectivity index (χ4n) is 6.10. The SMILES string of the molecule is CC[C@@H](c1nc2ccc(C(=O)OC)cc2n1C[C@@H]1CCO1)N1CCC(c2cccc(OCc3ccc(Cl)cc3F)n2)CC1. The third-order valence-electron chi connectivity index (χ3n) is 8.59. The standard InChI is InChI=1S/C33H36ClFN4O4/c1-3-29(32-37-28-10-8-22(33(40)41-2)17-30(28)39(32)19-25-13-16-42-25)38-14-11-21(12-15-38)27-5-4-6-31(36-27)43-20-23-7-9-24(34)18-26(23)35/h4-10,17-18,21,25,29H,3,11-16,19-20H2,1-2H3/t25-,29-/m0/s1. The number of hydrogen-bond acceptors (Lipinski definition) is 7. The minimum atomic E-state index is -0.390. The number of nitrogens with zero attached hydrogens (tertiary/aromatic N) is 4. The number of rotatable bonds is 10. The Morgan fingerprint density at radius 3 is 2.63 bits per heavy atom. The number of imidazole rings is 1. The molecule has 0 saturated carbocycles. The minimum absolute atomic E-state index is 0.0874. The van der Waals surface area contributed by atoms with Crippen molar-refractivity contribution in [2.24, 2.45) is 0 Å². The number of carbonyl (C=O) groups excluding carboxylic acids is 1. The van der Waals surface area contributed by atoms with E-state index in [0.717, 1.165) is 67.9 Å². The average molecular weight is 607 g/mol. The van der Waals surface area contributed by atoms with Crippen molar-refractivity contribution < 1.29 is 23.4 Å². The van der Waals surface area contributed by atoms with Gasteiger partial charge in [0.05, 0.1) is 42.4 Å². The van der Waals surface area contributed by atoms with Crippen LogP contribution in [-0.2, 0) is 22.6 Å². The van der Waals surface area contributed by atoms with Crippen molar-refractivity contribution in [3.05, 3.63) is 88.1 Å². The van der Waals surface area contributed by atoms with E-state index in [1.165, 1.54) is 13.2 Å². The van der Waals surface area contributed by atoms with Crippen LogP contribution in [0.25, 0.3) is 11.0 Å². The number of pyridine rings is 1. The Balaban J connectivity index is 1.16. The van der Waals surface area contributed by atoms with Gasteiger partial charge in [0.1, 0.15) is 18.2 Å². The lowest BCUT2D eigenvalue weighted by Gasteiger charge is -2.37. The largest absolute Gasteiger partial charge is 0.473 e. The van der Waals surface area contributed by atoms with Crippen LogP contribution in [0.4, 0.5) is 4.39 Å². The molecular weight excluding hydrogens is 571 g/mol. The highest BCUT2D eigenvalue weighted by Gasteiger charge is 2.31. The quantitative estimate of drug-likeness (QED) is 0.186. The van der Waals surface area contributed by atoms with Crippen LogP contribution in [0.2, 0.25) is 5.02 Å². The maximum absolute atomic E-state index is 14.2. The molecule has 0 radical (unpaired) electrons. The number of benzene rings is 2. The highest BCUT2D eigenvalue weighted by molar-refractivity contribution is 6.30. The number of fused-ring (bicyclic) bond motifs is 1. The normalized spacial score (nSPS) is 18.4. The highest BCUT2D eigenvalue weighted by Crippen LogP contribution is 2.35. The molecule has 8 nitrogen and oxygen atoms in total. The molecule has 2 aliphatic heterocycles. The first kappa shape index (κ1) is 29.5. The van der Waals surface area contributed by atoms with Gasteiger partial charge in [-0.3, -0.25) is 4.90 Å². The van der Waals surface area contributed by atoms with Crippen LogP contribution in [0.1, 0.15) is 72.0 Å². The first-order valence-electron chi connectivity index (χ1n) is 14.9. The van der Waals surface area contributed by atoms with E-state index in [1.54, 1.807) is 18.2 Å². The number of aromatic nitrogens is 3. The van der Waals surface area contributed by atoms with Gasteiger partial charge in [0.15, 0.2) is 0 Å². The van der Waals surface area contributed by atoms with Gasteiger partial charge in [0, 0.05) is 34.9 Å². The molecule has 2 aromatic carbocycles. The van der Waals surface area contributed by atoms with E-state index in [9.17, 15) is 9.18 Å². The molecule has 2 fully saturated rings. The molecule has 4 heterocycles. The summed E-state index contributed by atoms with van der Waals surface area (Å²) in [6.45, 7) is 5.59. The summed E-state index contributed by atoms with van der Waals surface area (Å²) in [6.07, 6.45) is 3.99. The van der Waals surface area contributed by atoms with E-state index in [0.29, 0.717) is 34.5 Å². The third-order valence-corrected chi connectivity index (χ3v) is 8.82. The summed E-state index contributed by atoms with van der Waals surface area (Å²) < 4.78 is 33.0. The first-order chi connectivity index (χ1) is 20.9. The summed E-state index contributed by atoms with van der Waals surface area (Å²) in [6, 6.07) is 16.1. The van der Waals surface area contributed by atoms with E-state index in [4.69, 9.17) is 35.8 Å². The number of ether oxygens (including phenoxy) is 3. The summed E-state index contributed by atoms with van der Waals surface area (Å²) in [5, 5.41) is 0.357. The Labute approximate surface area is 255 Å². The van der Waals surface area contributed by atoms with Crippen LogP contribution in [0.15, 0.2) is 54.6 Å². The van der Waals surface area contributed by atoms with Gasteiger partial charge in [0.2, 0.25) is 5.88 Å². The summed E-state index contributed by atoms with van der Waals surface area (Å²) >= 11 is 5.87. The topological polar surface area (TPSA) is 78.7 Å². The molecule has 2 atom stereocenters. The van der Waals surface area contributed by atoms with E-state index in [2.05, 4.69) is 16.4 Å². The molecule has 43 heavy (non-hydrogen) atoms. The lowest BCUT2D eigenvalue weighted by Crippen LogP contribution is -2.38. The summed E-state index contributed by atoms with van der Waals surface area (Å²) in [4.78, 5) is 24.7. The predicted octanol–water partition coefficient (Wildman–Crippen LogP) is 6.71. The summed E-state index contributed by atoms with van der Waals surface area (Å²) in [5.74, 6) is 1.05. The number of likely N-dealkylation sites (tertiary alicyclic amines) is 1. The second-order valence-electron chi connectivity index (χ2n) is 11.2. The molecule has 0 amide bonds. The zero-order valence-corrected chi connectivity index (χ0v) is 25.2. The molecule has 0 N–H and O–H groups in total. The van der Waals surface area contributed by atoms with Crippen LogP contribution in [0.5, 0.6) is 5.88 Å². The minimum Gasteiger partial charge on any atom is -0.473 e. The number of piperidine rings is 1. The molecule has 10 heteroatoms. The van der Waals surface area contributed by atoms with Gasteiger partial charge >= 0.3 is 5.97 Å². The lowest BCUT2D eigenvalue weighted by atomic mass is 9.92. The Hall–Kier alpha value is -3.53. The van der Waals surface area contributed by atoms with Crippen molar-refractivity contribution in [1.82, 2.24) is 19.4 Å². The molecule has 0 aliphatic carbocycles. The molecule has 6 rings (SSSR count). The maximum Gasteiger partial charge on any atom is 0.337 e. The van der Waals surface area contributed by atoms with Gasteiger partial charge in [-0.25, -0.2) is 19.2 Å². The Bertz CT molecular complexity index is 1600. The van der Waals surface area contributed by atoms with E-state index in [1.807, 2.05) is 30.3 Å². The first-order valence-corrected chi connectivity index (χ1v) is 15.3. The number of methoxy groups -OCH3 is 1. The molecule has 226 valence electrons. The summed E-state index contributed by atoms with van der Waals surface area (Å²) in [5.41, 5.74) is 3.75. The van der Waals surface area contributed by atoms with Crippen molar-refractivity contribution in [3.63, 3.8) is 0 Å². The Morgan fingerprint density at radius 2 is 1.93 bits per heavy atom. The highest BCUT2D eigenvalue weighted by atomic mass is 35.5. The number of esters is 1. The van der Waals surface area contributed by atoms with Gasteiger partial charge in [-0.2, -0.15) is 0 Å². The lowest BCUT2D eigenvalue weighted by molar-refractivity contribution is -0.0595. The van der Waals surface area contributed by atoms with Crippen molar-refractivity contribution >= 4 is 28.6 Å². The van der Waals surface area contributed by atoms with Gasteiger partial charge in [0.25, 0.3) is 0 Å². The summed E-state index contributed by atoms with van der Waals surface area (Å²) in [7, 11) is 1.40.